The van der Waals surface area contributed by atoms with Crippen LogP contribution >= 0.6 is 0 Å². The van der Waals surface area contributed by atoms with Gasteiger partial charge in [-0.25, -0.2) is 9.78 Å². The molecular formula is C28H27N3O7. The monoisotopic (exact) mass is 517 g/mol. The van der Waals surface area contributed by atoms with Crippen LogP contribution in [-0.4, -0.2) is 51.9 Å². The van der Waals surface area contributed by atoms with Gasteiger partial charge in [0.25, 0.3) is 5.56 Å². The number of fused-ring (bicyclic) bond motifs is 1. The van der Waals surface area contributed by atoms with Crippen LogP contribution in [0.3, 0.4) is 0 Å². The fraction of sp³-hybridized carbons (Fsp3) is 0.214. The highest BCUT2D eigenvalue weighted by molar-refractivity contribution is 5.78. The number of aryl methyl sites for hydroxylation is 1. The third-order valence-electron chi connectivity index (χ3n) is 5.76. The number of rotatable bonds is 10. The van der Waals surface area contributed by atoms with Crippen molar-refractivity contribution < 1.29 is 28.9 Å². The molecule has 38 heavy (non-hydrogen) atoms. The van der Waals surface area contributed by atoms with Gasteiger partial charge in [-0.1, -0.05) is 24.3 Å². The van der Waals surface area contributed by atoms with Crippen LogP contribution < -0.4 is 19.8 Å². The number of carbonyl (C=O) groups is 2. The zero-order valence-electron chi connectivity index (χ0n) is 21.0. The van der Waals surface area contributed by atoms with Crippen LogP contribution in [0.5, 0.6) is 17.2 Å². The molecule has 4 aromatic rings. The van der Waals surface area contributed by atoms with Crippen molar-refractivity contribution in [2.75, 3.05) is 20.3 Å². The summed E-state index contributed by atoms with van der Waals surface area (Å²) in [7, 11) is 1.52. The largest absolute Gasteiger partial charge is 0.497 e. The first-order valence-electron chi connectivity index (χ1n) is 11.8. The highest BCUT2D eigenvalue weighted by Gasteiger charge is 2.20. The fourth-order valence-electron chi connectivity index (χ4n) is 3.91. The Morgan fingerprint density at radius 1 is 0.974 bits per heavy atom. The van der Waals surface area contributed by atoms with Crippen molar-refractivity contribution in [1.82, 2.24) is 14.5 Å². The van der Waals surface area contributed by atoms with Crippen LogP contribution in [0.2, 0.25) is 0 Å². The molecule has 1 amide bonds. The highest BCUT2D eigenvalue weighted by Crippen LogP contribution is 2.20. The second-order valence-electron chi connectivity index (χ2n) is 8.42. The number of para-hydroxylation sites is 1. The number of carboxylic acid groups (broad SMARTS) is 1. The normalized spacial score (nSPS) is 10.7. The van der Waals surface area contributed by atoms with Crippen LogP contribution in [0.15, 0.2) is 77.6 Å². The van der Waals surface area contributed by atoms with Crippen molar-refractivity contribution in [2.24, 2.45) is 0 Å². The lowest BCUT2D eigenvalue weighted by molar-refractivity contribution is -0.138. The lowest BCUT2D eigenvalue weighted by Gasteiger charge is -2.20. The second-order valence-corrected chi connectivity index (χ2v) is 8.42. The first-order chi connectivity index (χ1) is 18.3. The molecule has 0 saturated heterocycles. The summed E-state index contributed by atoms with van der Waals surface area (Å²) in [6.07, 6.45) is -0.803. The Labute approximate surface area is 218 Å². The Morgan fingerprint density at radius 2 is 1.71 bits per heavy atom. The van der Waals surface area contributed by atoms with Crippen LogP contribution in [-0.2, 0) is 17.9 Å². The van der Waals surface area contributed by atoms with Gasteiger partial charge in [0, 0.05) is 6.54 Å². The first-order valence-corrected chi connectivity index (χ1v) is 11.8. The van der Waals surface area contributed by atoms with Crippen LogP contribution in [0.4, 0.5) is 4.79 Å². The summed E-state index contributed by atoms with van der Waals surface area (Å²) < 4.78 is 17.9. The standard InChI is InChI=1S/C28H27N3O7/c1-19-29-25-9-4-3-8-24(25)27(34)31(19)14-15-37-23-7-5-6-20(16-23)17-30(18-26(32)33)28(35)38-22-12-10-21(36-2)11-13-22/h3-13,16H,14-15,17-18H2,1-2H3,(H,32,33). The highest BCUT2D eigenvalue weighted by atomic mass is 16.6. The van der Waals surface area contributed by atoms with E-state index < -0.39 is 18.6 Å². The van der Waals surface area contributed by atoms with E-state index in [-0.39, 0.29) is 24.5 Å². The number of hydrogen-bond acceptors (Lipinski definition) is 7. The van der Waals surface area contributed by atoms with E-state index in [9.17, 15) is 19.5 Å². The smallest absolute Gasteiger partial charge is 0.416 e. The molecule has 1 heterocycles. The minimum absolute atomic E-state index is 0.00828. The molecule has 0 aliphatic carbocycles. The van der Waals surface area contributed by atoms with Crippen molar-refractivity contribution >= 4 is 23.0 Å². The summed E-state index contributed by atoms with van der Waals surface area (Å²) in [6, 6.07) is 20.5. The molecule has 3 aromatic carbocycles. The molecule has 0 aliphatic heterocycles. The zero-order chi connectivity index (χ0) is 27.1. The lowest BCUT2D eigenvalue weighted by atomic mass is 10.2. The maximum absolute atomic E-state index is 12.8. The molecule has 0 aliphatic rings. The molecule has 10 nitrogen and oxygen atoms in total. The Bertz CT molecular complexity index is 1500. The van der Waals surface area contributed by atoms with Gasteiger partial charge < -0.3 is 19.3 Å². The zero-order valence-corrected chi connectivity index (χ0v) is 21.0. The van der Waals surface area contributed by atoms with Gasteiger partial charge >= 0.3 is 12.1 Å². The molecule has 0 radical (unpaired) electrons. The van der Waals surface area contributed by atoms with Gasteiger partial charge in [0.05, 0.1) is 24.6 Å². The van der Waals surface area contributed by atoms with Gasteiger partial charge in [-0.2, -0.15) is 0 Å². The lowest BCUT2D eigenvalue weighted by Crippen LogP contribution is -2.37. The quantitative estimate of drug-likeness (QED) is 0.337. The molecule has 0 saturated carbocycles. The Balaban J connectivity index is 1.41. The number of nitrogens with zero attached hydrogens (tertiary/aromatic N) is 3. The van der Waals surface area contributed by atoms with E-state index in [0.29, 0.717) is 40.3 Å². The van der Waals surface area contributed by atoms with Gasteiger partial charge in [0.15, 0.2) is 0 Å². The van der Waals surface area contributed by atoms with Crippen LogP contribution in [0.25, 0.3) is 10.9 Å². The molecule has 0 bridgehead atoms. The van der Waals surface area contributed by atoms with Crippen molar-refractivity contribution in [3.8, 4) is 17.2 Å². The number of carboxylic acids is 1. The number of hydrogen-bond donors (Lipinski definition) is 1. The van der Waals surface area contributed by atoms with Crippen LogP contribution in [0.1, 0.15) is 11.4 Å². The second kappa shape index (κ2) is 11.9. The van der Waals surface area contributed by atoms with Crippen LogP contribution in [0, 0.1) is 6.92 Å². The van der Waals surface area contributed by atoms with Gasteiger partial charge in [0.2, 0.25) is 0 Å². The average molecular weight is 518 g/mol. The Morgan fingerprint density at radius 3 is 2.45 bits per heavy atom. The van der Waals surface area contributed by atoms with Crippen molar-refractivity contribution in [1.29, 1.82) is 0 Å². The van der Waals surface area contributed by atoms with E-state index in [1.807, 2.05) is 6.07 Å². The molecule has 196 valence electrons. The number of carbonyl (C=O) groups excluding carboxylic acids is 1. The minimum Gasteiger partial charge on any atom is -0.497 e. The number of ether oxygens (including phenoxy) is 3. The van der Waals surface area contributed by atoms with E-state index in [1.54, 1.807) is 78.2 Å². The predicted octanol–water partition coefficient (Wildman–Crippen LogP) is 3.88. The number of benzene rings is 3. The predicted molar refractivity (Wildman–Crippen MR) is 140 cm³/mol. The average Bonchev–Trinajstić information content (AvgIpc) is 2.90. The molecule has 0 unspecified atom stereocenters. The Kier molecular flexibility index (Phi) is 8.22. The first kappa shape index (κ1) is 26.2. The fourth-order valence-corrected chi connectivity index (χ4v) is 3.91. The van der Waals surface area contributed by atoms with Crippen molar-refractivity contribution in [2.45, 2.75) is 20.0 Å². The van der Waals surface area contributed by atoms with Gasteiger partial charge in [-0.15, -0.1) is 0 Å². The van der Waals surface area contributed by atoms with E-state index in [4.69, 9.17) is 14.2 Å². The molecule has 1 aromatic heterocycles. The Hall–Kier alpha value is -4.86. The summed E-state index contributed by atoms with van der Waals surface area (Å²) >= 11 is 0. The number of amides is 1. The SMILES string of the molecule is COc1ccc(OC(=O)N(CC(=O)O)Cc2cccc(OCCn3c(C)nc4ccccc4c3=O)c2)cc1. The topological polar surface area (TPSA) is 120 Å². The number of methoxy groups -OCH3 is 1. The van der Waals surface area contributed by atoms with E-state index >= 15 is 0 Å². The maximum Gasteiger partial charge on any atom is 0.416 e. The van der Waals surface area contributed by atoms with Gasteiger partial charge in [0.1, 0.15) is 36.2 Å². The van der Waals surface area contributed by atoms with Gasteiger partial charge in [-0.05, 0) is 61.0 Å². The van der Waals surface area contributed by atoms with E-state index in [1.165, 1.54) is 7.11 Å². The minimum atomic E-state index is -1.17. The van der Waals surface area contributed by atoms with Gasteiger partial charge in [-0.3, -0.25) is 19.1 Å². The third kappa shape index (κ3) is 6.47. The van der Waals surface area contributed by atoms with E-state index in [2.05, 4.69) is 4.98 Å². The molecular weight excluding hydrogens is 490 g/mol. The third-order valence-corrected chi connectivity index (χ3v) is 5.76. The molecule has 1 N–H and O–H groups in total. The molecule has 10 heteroatoms. The number of aliphatic carboxylic acids is 1. The molecule has 0 atom stereocenters. The summed E-state index contributed by atoms with van der Waals surface area (Å²) in [5.41, 5.74) is 1.16. The summed E-state index contributed by atoms with van der Waals surface area (Å²) in [6.45, 7) is 1.73. The summed E-state index contributed by atoms with van der Waals surface area (Å²) in [5.74, 6) is 0.790. The molecule has 4 rings (SSSR count). The summed E-state index contributed by atoms with van der Waals surface area (Å²) in [4.78, 5) is 42.5. The summed E-state index contributed by atoms with van der Waals surface area (Å²) in [5, 5.41) is 9.85. The number of aromatic nitrogens is 2. The molecule has 0 fully saturated rings. The van der Waals surface area contributed by atoms with E-state index in [0.717, 1.165) is 4.90 Å². The van der Waals surface area contributed by atoms with Crippen molar-refractivity contribution in [3.63, 3.8) is 0 Å². The molecule has 0 spiro atoms. The maximum atomic E-state index is 12.8. The van der Waals surface area contributed by atoms with Crippen molar-refractivity contribution in [3.05, 3.63) is 94.5 Å².